The first-order valence-corrected chi connectivity index (χ1v) is 9.51. The number of hydrogen-bond donors (Lipinski definition) is 3. The van der Waals surface area contributed by atoms with Gasteiger partial charge in [0, 0.05) is 22.1 Å². The Balaban J connectivity index is 1.97. The van der Waals surface area contributed by atoms with Crippen LogP contribution in [0, 0.1) is 0 Å². The van der Waals surface area contributed by atoms with Crippen LogP contribution in [0.3, 0.4) is 0 Å². The molecule has 0 saturated carbocycles. The summed E-state index contributed by atoms with van der Waals surface area (Å²) in [6.07, 6.45) is -4.42. The van der Waals surface area contributed by atoms with E-state index in [1.54, 1.807) is 13.0 Å². The number of aliphatic hydroxyl groups excluding tert-OH is 1. The maximum Gasteiger partial charge on any atom is 0.416 e. The first-order valence-electron chi connectivity index (χ1n) is 8.72. The Morgan fingerprint density at radius 1 is 1.07 bits per heavy atom. The number of benzene rings is 2. The number of aliphatic hydroxyl groups is 1. The quantitative estimate of drug-likeness (QED) is 0.449. The summed E-state index contributed by atoms with van der Waals surface area (Å²) in [5.41, 5.74) is 1.15. The zero-order valence-electron chi connectivity index (χ0n) is 15.3. The summed E-state index contributed by atoms with van der Waals surface area (Å²) in [5.74, 6) is 0.686. The normalized spacial score (nSPS) is 12.5. The van der Waals surface area contributed by atoms with Gasteiger partial charge >= 0.3 is 6.18 Å². The molecule has 1 atom stereocenters. The molecule has 1 aromatic heterocycles. The molecule has 29 heavy (non-hydrogen) atoms. The Bertz CT molecular complexity index is 983. The molecule has 9 heteroatoms. The number of rotatable bonds is 6. The molecule has 152 valence electrons. The summed E-state index contributed by atoms with van der Waals surface area (Å²) < 4.78 is 38.9. The molecule has 3 rings (SSSR count). The first-order chi connectivity index (χ1) is 13.8. The molecular weight excluding hydrogens is 449 g/mol. The van der Waals surface area contributed by atoms with Crippen molar-refractivity contribution >= 4 is 33.4 Å². The summed E-state index contributed by atoms with van der Waals surface area (Å²) >= 11 is 3.18. The zero-order chi connectivity index (χ0) is 21.0. The minimum absolute atomic E-state index is 0.105. The number of alkyl halides is 3. The fraction of sp³-hybridized carbons (Fsp3) is 0.200. The molecule has 2 aromatic carbocycles. The molecule has 0 bridgehead atoms. The summed E-state index contributed by atoms with van der Waals surface area (Å²) in [7, 11) is 0. The van der Waals surface area contributed by atoms with E-state index in [2.05, 4.69) is 36.5 Å². The molecular formula is C20H18BrF3N4O. The van der Waals surface area contributed by atoms with Gasteiger partial charge in [-0.05, 0) is 41.1 Å². The summed E-state index contributed by atoms with van der Waals surface area (Å²) in [6, 6.07) is 14.2. The zero-order valence-corrected chi connectivity index (χ0v) is 16.9. The third kappa shape index (κ3) is 5.45. The van der Waals surface area contributed by atoms with E-state index in [1.165, 1.54) is 6.07 Å². The van der Waals surface area contributed by atoms with Crippen molar-refractivity contribution < 1.29 is 18.3 Å². The van der Waals surface area contributed by atoms with Crippen molar-refractivity contribution in [3.05, 3.63) is 64.6 Å². The second-order valence-corrected chi connectivity index (χ2v) is 7.23. The lowest BCUT2D eigenvalue weighted by Crippen LogP contribution is -2.21. The Labute approximate surface area is 174 Å². The summed E-state index contributed by atoms with van der Waals surface area (Å²) in [4.78, 5) is 8.84. The predicted octanol–water partition coefficient (Wildman–Crippen LogP) is 5.46. The number of nitrogens with zero attached hydrogens (tertiary/aromatic N) is 2. The van der Waals surface area contributed by atoms with Gasteiger partial charge in [-0.15, -0.1) is 0 Å². The monoisotopic (exact) mass is 466 g/mol. The maximum absolute atomic E-state index is 12.9. The van der Waals surface area contributed by atoms with E-state index < -0.39 is 11.7 Å². The first kappa shape index (κ1) is 21.1. The second kappa shape index (κ2) is 8.79. The van der Waals surface area contributed by atoms with E-state index in [0.29, 0.717) is 23.1 Å². The molecule has 0 fully saturated rings. The molecule has 0 spiro atoms. The minimum Gasteiger partial charge on any atom is -0.394 e. The fourth-order valence-corrected chi connectivity index (χ4v) is 3.01. The Hall–Kier alpha value is -2.65. The Morgan fingerprint density at radius 2 is 1.79 bits per heavy atom. The molecule has 0 aliphatic rings. The van der Waals surface area contributed by atoms with Crippen molar-refractivity contribution in [2.75, 3.05) is 17.2 Å². The van der Waals surface area contributed by atoms with E-state index in [-0.39, 0.29) is 17.1 Å². The molecule has 0 saturated heterocycles. The van der Waals surface area contributed by atoms with Crippen LogP contribution in [0.1, 0.15) is 12.5 Å². The van der Waals surface area contributed by atoms with E-state index in [4.69, 9.17) is 0 Å². The van der Waals surface area contributed by atoms with Crippen LogP contribution in [0.15, 0.2) is 59.1 Å². The van der Waals surface area contributed by atoms with Crippen molar-refractivity contribution in [2.45, 2.75) is 19.1 Å². The number of aromatic nitrogens is 2. The van der Waals surface area contributed by atoms with Crippen LogP contribution in [0.25, 0.3) is 11.3 Å². The third-order valence-electron chi connectivity index (χ3n) is 4.00. The number of hydrogen-bond acceptors (Lipinski definition) is 5. The van der Waals surface area contributed by atoms with Crippen LogP contribution in [-0.2, 0) is 6.18 Å². The topological polar surface area (TPSA) is 70.1 Å². The minimum atomic E-state index is -4.42. The van der Waals surface area contributed by atoms with Gasteiger partial charge in [0.15, 0.2) is 0 Å². The molecule has 0 radical (unpaired) electrons. The van der Waals surface area contributed by atoms with Crippen LogP contribution < -0.4 is 10.6 Å². The average molecular weight is 467 g/mol. The average Bonchev–Trinajstić information content (AvgIpc) is 2.69. The number of halogens is 4. The number of anilines is 3. The van der Waals surface area contributed by atoms with Gasteiger partial charge in [0.05, 0.1) is 23.6 Å². The summed E-state index contributed by atoms with van der Waals surface area (Å²) in [5, 5.41) is 15.3. The van der Waals surface area contributed by atoms with Crippen molar-refractivity contribution in [2.24, 2.45) is 0 Å². The van der Waals surface area contributed by atoms with Gasteiger partial charge in [0.25, 0.3) is 0 Å². The molecule has 0 amide bonds. The molecule has 1 heterocycles. The standard InChI is InChI=1S/C20H18BrF3N4O/c1-12(11-29)25-19-27-17(13-5-3-2-4-6-13)10-18(28-19)26-16-8-7-14(9-15(16)21)20(22,23)24/h2-10,12,29H,11H2,1H3,(H2,25,26,27,28)/t12-/m1/s1. The van der Waals surface area contributed by atoms with Gasteiger partial charge in [-0.2, -0.15) is 18.2 Å². The van der Waals surface area contributed by atoms with Gasteiger partial charge < -0.3 is 15.7 Å². The lowest BCUT2D eigenvalue weighted by Gasteiger charge is -2.15. The lowest BCUT2D eigenvalue weighted by molar-refractivity contribution is -0.137. The molecule has 0 aliphatic heterocycles. The van der Waals surface area contributed by atoms with Gasteiger partial charge in [0.1, 0.15) is 5.82 Å². The van der Waals surface area contributed by atoms with Crippen LogP contribution in [0.2, 0.25) is 0 Å². The predicted molar refractivity (Wildman–Crippen MR) is 110 cm³/mol. The SMILES string of the molecule is C[C@H](CO)Nc1nc(Nc2ccc(C(F)(F)F)cc2Br)cc(-c2ccccc2)n1. The Kier molecular flexibility index (Phi) is 6.39. The van der Waals surface area contributed by atoms with Crippen LogP contribution in [-0.4, -0.2) is 27.7 Å². The highest BCUT2D eigenvalue weighted by Gasteiger charge is 2.30. The van der Waals surface area contributed by atoms with Crippen molar-refractivity contribution in [1.29, 1.82) is 0 Å². The van der Waals surface area contributed by atoms with Crippen LogP contribution >= 0.6 is 15.9 Å². The second-order valence-electron chi connectivity index (χ2n) is 6.37. The fourth-order valence-electron chi connectivity index (χ4n) is 2.53. The van der Waals surface area contributed by atoms with Crippen molar-refractivity contribution in [3.63, 3.8) is 0 Å². The van der Waals surface area contributed by atoms with E-state index >= 15 is 0 Å². The molecule has 3 N–H and O–H groups in total. The maximum atomic E-state index is 12.9. The van der Waals surface area contributed by atoms with E-state index in [9.17, 15) is 18.3 Å². The highest BCUT2D eigenvalue weighted by atomic mass is 79.9. The van der Waals surface area contributed by atoms with Gasteiger partial charge in [-0.3, -0.25) is 0 Å². The largest absolute Gasteiger partial charge is 0.416 e. The highest BCUT2D eigenvalue weighted by Crippen LogP contribution is 2.35. The van der Waals surface area contributed by atoms with Gasteiger partial charge in [0.2, 0.25) is 5.95 Å². The smallest absolute Gasteiger partial charge is 0.394 e. The molecule has 0 aliphatic carbocycles. The molecule has 5 nitrogen and oxygen atoms in total. The molecule has 3 aromatic rings. The van der Waals surface area contributed by atoms with E-state index in [1.807, 2.05) is 30.3 Å². The highest BCUT2D eigenvalue weighted by molar-refractivity contribution is 9.10. The summed E-state index contributed by atoms with van der Waals surface area (Å²) in [6.45, 7) is 1.67. The van der Waals surface area contributed by atoms with Gasteiger partial charge in [-0.1, -0.05) is 30.3 Å². The number of nitrogens with one attached hydrogen (secondary N) is 2. The Morgan fingerprint density at radius 3 is 2.41 bits per heavy atom. The van der Waals surface area contributed by atoms with Crippen LogP contribution in [0.4, 0.5) is 30.6 Å². The third-order valence-corrected chi connectivity index (χ3v) is 4.66. The van der Waals surface area contributed by atoms with E-state index in [0.717, 1.165) is 17.7 Å². The lowest BCUT2D eigenvalue weighted by atomic mass is 10.1. The molecule has 0 unspecified atom stereocenters. The van der Waals surface area contributed by atoms with Crippen LogP contribution in [0.5, 0.6) is 0 Å². The van der Waals surface area contributed by atoms with Crippen molar-refractivity contribution in [1.82, 2.24) is 9.97 Å². The van der Waals surface area contributed by atoms with Gasteiger partial charge in [-0.25, -0.2) is 4.98 Å². The van der Waals surface area contributed by atoms with Crippen molar-refractivity contribution in [3.8, 4) is 11.3 Å².